The van der Waals surface area contributed by atoms with E-state index < -0.39 is 0 Å². The Bertz CT molecular complexity index is 755. The Kier molecular flexibility index (Phi) is 8.28. The normalized spacial score (nSPS) is 17.0. The van der Waals surface area contributed by atoms with Crippen LogP contribution < -0.4 is 5.32 Å². The minimum absolute atomic E-state index is 0. The molecule has 0 unspecified atom stereocenters. The Labute approximate surface area is 178 Å². The minimum Gasteiger partial charge on any atom is -0.338 e. The van der Waals surface area contributed by atoms with Gasteiger partial charge in [-0.15, -0.1) is 24.8 Å². The first-order valence-electron chi connectivity index (χ1n) is 9.77. The summed E-state index contributed by atoms with van der Waals surface area (Å²) >= 11 is 0. The number of likely N-dealkylation sites (tertiary alicyclic amines) is 1. The first kappa shape index (κ1) is 22.7. The van der Waals surface area contributed by atoms with Crippen LogP contribution >= 0.6 is 24.8 Å². The van der Waals surface area contributed by atoms with Crippen molar-refractivity contribution in [2.75, 3.05) is 19.6 Å². The summed E-state index contributed by atoms with van der Waals surface area (Å²) in [6.07, 6.45) is 9.03. The molecule has 4 rings (SSSR count). The maximum Gasteiger partial charge on any atom is 0.257 e. The second kappa shape index (κ2) is 10.2. The van der Waals surface area contributed by atoms with Crippen molar-refractivity contribution in [3.63, 3.8) is 0 Å². The quantitative estimate of drug-likeness (QED) is 0.770. The molecule has 0 bridgehead atoms. The summed E-state index contributed by atoms with van der Waals surface area (Å²) in [7, 11) is 0. The van der Waals surface area contributed by atoms with Crippen molar-refractivity contribution in [2.45, 2.75) is 45.1 Å². The number of halogens is 2. The van der Waals surface area contributed by atoms with Crippen LogP contribution in [0.3, 0.4) is 0 Å². The van der Waals surface area contributed by atoms with Crippen LogP contribution in [0.5, 0.6) is 0 Å². The molecule has 2 fully saturated rings. The van der Waals surface area contributed by atoms with E-state index in [1.165, 1.54) is 12.8 Å². The number of nitrogens with zero attached hydrogens (tertiary/aromatic N) is 4. The first-order chi connectivity index (χ1) is 12.8. The van der Waals surface area contributed by atoms with Gasteiger partial charge in [0.05, 0.1) is 17.5 Å². The van der Waals surface area contributed by atoms with Gasteiger partial charge in [-0.1, -0.05) is 13.0 Å². The van der Waals surface area contributed by atoms with E-state index in [0.29, 0.717) is 11.6 Å². The molecular weight excluding hydrogens is 397 g/mol. The van der Waals surface area contributed by atoms with Crippen molar-refractivity contribution >= 4 is 30.7 Å². The van der Waals surface area contributed by atoms with E-state index in [1.807, 2.05) is 23.1 Å². The lowest BCUT2D eigenvalue weighted by molar-refractivity contribution is 0.0704. The third-order valence-corrected chi connectivity index (χ3v) is 5.47. The molecular formula is C20H29Cl2N5O. The van der Waals surface area contributed by atoms with Crippen LogP contribution in [0, 0.1) is 5.92 Å². The summed E-state index contributed by atoms with van der Waals surface area (Å²) in [5.41, 5.74) is 1.64. The van der Waals surface area contributed by atoms with Crippen LogP contribution in [-0.2, 0) is 6.42 Å². The maximum atomic E-state index is 13.0. The predicted molar refractivity (Wildman–Crippen MR) is 115 cm³/mol. The van der Waals surface area contributed by atoms with Gasteiger partial charge in [0.25, 0.3) is 5.91 Å². The molecule has 2 aromatic rings. The SMILES string of the molecule is CCc1c(C(=O)N2CCC(NCC3CC3)CC2)cnn1-c1ccccn1.Cl.Cl. The van der Waals surface area contributed by atoms with E-state index in [2.05, 4.69) is 22.3 Å². The molecule has 8 heteroatoms. The molecule has 2 aromatic heterocycles. The van der Waals surface area contributed by atoms with E-state index >= 15 is 0 Å². The highest BCUT2D eigenvalue weighted by molar-refractivity contribution is 5.95. The fourth-order valence-corrected chi connectivity index (χ4v) is 3.68. The second-order valence-corrected chi connectivity index (χ2v) is 7.38. The minimum atomic E-state index is 0. The summed E-state index contributed by atoms with van der Waals surface area (Å²) in [5.74, 6) is 1.76. The zero-order valence-corrected chi connectivity index (χ0v) is 17.8. The molecule has 1 saturated carbocycles. The maximum absolute atomic E-state index is 13.0. The van der Waals surface area contributed by atoms with Gasteiger partial charge in [-0.2, -0.15) is 5.10 Å². The van der Waals surface area contributed by atoms with Crippen LogP contribution in [0.4, 0.5) is 0 Å². The number of rotatable bonds is 6. The summed E-state index contributed by atoms with van der Waals surface area (Å²) in [4.78, 5) is 19.4. The molecule has 28 heavy (non-hydrogen) atoms. The van der Waals surface area contributed by atoms with Crippen LogP contribution in [-0.4, -0.2) is 51.2 Å². The topological polar surface area (TPSA) is 63.1 Å². The fourth-order valence-electron chi connectivity index (χ4n) is 3.68. The Morgan fingerprint density at radius 2 is 1.93 bits per heavy atom. The van der Waals surface area contributed by atoms with Gasteiger partial charge < -0.3 is 10.2 Å². The van der Waals surface area contributed by atoms with Gasteiger partial charge in [-0.05, 0) is 56.7 Å². The van der Waals surface area contributed by atoms with E-state index in [0.717, 1.165) is 56.3 Å². The lowest BCUT2D eigenvalue weighted by atomic mass is 10.0. The van der Waals surface area contributed by atoms with Gasteiger partial charge in [-0.25, -0.2) is 9.67 Å². The lowest BCUT2D eigenvalue weighted by Crippen LogP contribution is -2.45. The van der Waals surface area contributed by atoms with Crippen molar-refractivity contribution in [3.05, 3.63) is 41.9 Å². The summed E-state index contributed by atoms with van der Waals surface area (Å²) < 4.78 is 1.79. The molecule has 0 atom stereocenters. The monoisotopic (exact) mass is 425 g/mol. The van der Waals surface area contributed by atoms with Crippen LogP contribution in [0.1, 0.15) is 48.7 Å². The number of nitrogens with one attached hydrogen (secondary N) is 1. The largest absolute Gasteiger partial charge is 0.338 e. The molecule has 1 aliphatic heterocycles. The zero-order valence-electron chi connectivity index (χ0n) is 16.2. The van der Waals surface area contributed by atoms with Crippen molar-refractivity contribution < 1.29 is 4.79 Å². The Balaban J connectivity index is 0.00000140. The highest BCUT2D eigenvalue weighted by Gasteiger charge is 2.28. The van der Waals surface area contributed by atoms with E-state index in [4.69, 9.17) is 0 Å². The van der Waals surface area contributed by atoms with E-state index in [-0.39, 0.29) is 30.7 Å². The molecule has 6 nitrogen and oxygen atoms in total. The number of piperidine rings is 1. The van der Waals surface area contributed by atoms with Crippen molar-refractivity contribution in [1.29, 1.82) is 0 Å². The average Bonchev–Trinajstić information content (AvgIpc) is 3.43. The van der Waals surface area contributed by atoms with Gasteiger partial charge in [0, 0.05) is 25.3 Å². The van der Waals surface area contributed by atoms with Gasteiger partial charge in [0.1, 0.15) is 0 Å². The number of pyridine rings is 1. The number of carbonyl (C=O) groups is 1. The average molecular weight is 426 g/mol. The van der Waals surface area contributed by atoms with Gasteiger partial charge >= 0.3 is 0 Å². The van der Waals surface area contributed by atoms with E-state index in [1.54, 1.807) is 17.1 Å². The fraction of sp³-hybridized carbons (Fsp3) is 0.550. The molecule has 0 aromatic carbocycles. The van der Waals surface area contributed by atoms with Crippen LogP contribution in [0.25, 0.3) is 5.82 Å². The zero-order chi connectivity index (χ0) is 17.9. The number of amides is 1. The van der Waals surface area contributed by atoms with Crippen molar-refractivity contribution in [1.82, 2.24) is 25.0 Å². The van der Waals surface area contributed by atoms with Crippen molar-refractivity contribution in [2.24, 2.45) is 5.92 Å². The number of hydrogen-bond donors (Lipinski definition) is 1. The summed E-state index contributed by atoms with van der Waals surface area (Å²) in [5, 5.41) is 8.11. The van der Waals surface area contributed by atoms with Gasteiger partial charge in [-0.3, -0.25) is 4.79 Å². The molecule has 0 spiro atoms. The number of aromatic nitrogens is 3. The predicted octanol–water partition coefficient (Wildman–Crippen LogP) is 3.28. The van der Waals surface area contributed by atoms with Gasteiger partial charge in [0.2, 0.25) is 0 Å². The molecule has 0 radical (unpaired) electrons. The molecule has 1 N–H and O–H groups in total. The molecule has 1 aliphatic carbocycles. The highest BCUT2D eigenvalue weighted by Crippen LogP contribution is 2.28. The first-order valence-corrected chi connectivity index (χ1v) is 9.77. The van der Waals surface area contributed by atoms with Gasteiger partial charge in [0.15, 0.2) is 5.82 Å². The third-order valence-electron chi connectivity index (χ3n) is 5.47. The number of hydrogen-bond acceptors (Lipinski definition) is 4. The van der Waals surface area contributed by atoms with E-state index in [9.17, 15) is 4.79 Å². The van der Waals surface area contributed by atoms with Crippen LogP contribution in [0.2, 0.25) is 0 Å². The standard InChI is InChI=1S/C20H27N5O.2ClH/c1-2-18-17(14-23-25(18)19-5-3-4-10-21-19)20(26)24-11-8-16(9-12-24)22-13-15-6-7-15;;/h3-5,10,14-16,22H,2,6-9,11-13H2,1H3;2*1H. The van der Waals surface area contributed by atoms with Crippen LogP contribution in [0.15, 0.2) is 30.6 Å². The molecule has 3 heterocycles. The molecule has 1 amide bonds. The molecule has 1 saturated heterocycles. The number of carbonyl (C=O) groups excluding carboxylic acids is 1. The highest BCUT2D eigenvalue weighted by atomic mass is 35.5. The molecule has 154 valence electrons. The summed E-state index contributed by atoms with van der Waals surface area (Å²) in [6, 6.07) is 6.29. The second-order valence-electron chi connectivity index (χ2n) is 7.38. The lowest BCUT2D eigenvalue weighted by Gasteiger charge is -2.32. The Morgan fingerprint density at radius 1 is 1.18 bits per heavy atom. The summed E-state index contributed by atoms with van der Waals surface area (Å²) in [6.45, 7) is 4.84. The smallest absolute Gasteiger partial charge is 0.257 e. The van der Waals surface area contributed by atoms with Crippen molar-refractivity contribution in [3.8, 4) is 5.82 Å². The Hall–Kier alpha value is -1.63. The molecule has 2 aliphatic rings. The third kappa shape index (κ3) is 5.04. The Morgan fingerprint density at radius 3 is 2.54 bits per heavy atom.